The Balaban J connectivity index is 1.83. The maximum atomic E-state index is 10.9. The highest BCUT2D eigenvalue weighted by Gasteiger charge is 2.26. The molecule has 1 aromatic carbocycles. The number of aliphatic carboxylic acids is 1. The van der Waals surface area contributed by atoms with Crippen LogP contribution in [0.4, 0.5) is 5.69 Å². The van der Waals surface area contributed by atoms with Crippen LogP contribution in [0.5, 0.6) is 0 Å². The van der Waals surface area contributed by atoms with Crippen LogP contribution < -0.4 is 5.32 Å². The molecule has 102 valence electrons. The number of carboxylic acid groups (broad SMARTS) is 1. The van der Waals surface area contributed by atoms with Crippen molar-refractivity contribution in [2.45, 2.75) is 50.4 Å². The third kappa shape index (κ3) is 2.60. The molecule has 1 aromatic rings. The first kappa shape index (κ1) is 12.5. The zero-order valence-corrected chi connectivity index (χ0v) is 11.2. The van der Waals surface area contributed by atoms with Gasteiger partial charge < -0.3 is 10.4 Å². The number of hydrogen-bond acceptors (Lipinski definition) is 2. The van der Waals surface area contributed by atoms with Gasteiger partial charge >= 0.3 is 5.97 Å². The number of nitrogens with one attached hydrogen (secondary N) is 1. The quantitative estimate of drug-likeness (QED) is 0.869. The Hall–Kier alpha value is -1.51. The normalized spacial score (nSPS) is 22.8. The van der Waals surface area contributed by atoms with E-state index in [-0.39, 0.29) is 12.3 Å². The highest BCUT2D eigenvalue weighted by molar-refractivity contribution is 5.70. The zero-order chi connectivity index (χ0) is 13.2. The Morgan fingerprint density at radius 2 is 2.05 bits per heavy atom. The van der Waals surface area contributed by atoms with E-state index in [1.807, 2.05) is 0 Å². The van der Waals surface area contributed by atoms with Gasteiger partial charge in [0, 0.05) is 18.2 Å². The minimum atomic E-state index is -0.706. The van der Waals surface area contributed by atoms with E-state index in [4.69, 9.17) is 5.11 Å². The molecule has 1 fully saturated rings. The fourth-order valence-electron chi connectivity index (χ4n) is 3.51. The van der Waals surface area contributed by atoms with Crippen LogP contribution in [0, 0.1) is 0 Å². The van der Waals surface area contributed by atoms with Crippen molar-refractivity contribution in [2.75, 3.05) is 11.9 Å². The van der Waals surface area contributed by atoms with E-state index in [0.717, 1.165) is 12.2 Å². The lowest BCUT2D eigenvalue weighted by Gasteiger charge is -2.23. The number of hydrogen-bond donors (Lipinski definition) is 2. The van der Waals surface area contributed by atoms with Crippen LogP contribution in [0.15, 0.2) is 18.2 Å². The van der Waals surface area contributed by atoms with Crippen molar-refractivity contribution in [1.82, 2.24) is 0 Å². The molecule has 2 N–H and O–H groups in total. The topological polar surface area (TPSA) is 49.3 Å². The summed E-state index contributed by atoms with van der Waals surface area (Å²) >= 11 is 0. The molecule has 0 bridgehead atoms. The Kier molecular flexibility index (Phi) is 3.45. The van der Waals surface area contributed by atoms with Gasteiger partial charge in [-0.15, -0.1) is 0 Å². The summed E-state index contributed by atoms with van der Waals surface area (Å²) in [7, 11) is 0. The molecule has 1 atom stereocenters. The van der Waals surface area contributed by atoms with Crippen molar-refractivity contribution in [3.63, 3.8) is 0 Å². The van der Waals surface area contributed by atoms with Crippen LogP contribution >= 0.6 is 0 Å². The van der Waals surface area contributed by atoms with Crippen LogP contribution in [-0.2, 0) is 4.79 Å². The molecule has 1 heterocycles. The Morgan fingerprint density at radius 1 is 1.26 bits per heavy atom. The van der Waals surface area contributed by atoms with Gasteiger partial charge in [-0.25, -0.2) is 0 Å². The lowest BCUT2D eigenvalue weighted by Crippen LogP contribution is -2.09. The maximum absolute atomic E-state index is 10.9. The fourth-order valence-corrected chi connectivity index (χ4v) is 3.51. The summed E-state index contributed by atoms with van der Waals surface area (Å²) in [4.78, 5) is 10.9. The van der Waals surface area contributed by atoms with Crippen molar-refractivity contribution < 1.29 is 9.90 Å². The van der Waals surface area contributed by atoms with Crippen LogP contribution in [0.1, 0.15) is 61.5 Å². The van der Waals surface area contributed by atoms with E-state index < -0.39 is 5.97 Å². The van der Waals surface area contributed by atoms with Gasteiger partial charge in [0.1, 0.15) is 0 Å². The summed E-state index contributed by atoms with van der Waals surface area (Å²) in [5.41, 5.74) is 3.76. The standard InChI is InChI=1S/C16H21NO2/c18-16(19)9-13-10-17-15-7-6-12(8-14(13)15)11-4-2-1-3-5-11/h6-8,11,13,17H,1-5,9-10H2,(H,18,19). The average Bonchev–Trinajstić information content (AvgIpc) is 2.82. The number of carbonyl (C=O) groups is 1. The monoisotopic (exact) mass is 259 g/mol. The van der Waals surface area contributed by atoms with Crippen molar-refractivity contribution in [3.05, 3.63) is 29.3 Å². The molecule has 0 saturated heterocycles. The second-order valence-electron chi connectivity index (χ2n) is 5.86. The second-order valence-corrected chi connectivity index (χ2v) is 5.86. The molecule has 0 aromatic heterocycles. The van der Waals surface area contributed by atoms with E-state index in [1.54, 1.807) is 0 Å². The van der Waals surface area contributed by atoms with Gasteiger partial charge in [0.25, 0.3) is 0 Å². The van der Waals surface area contributed by atoms with Gasteiger partial charge in [-0.05, 0) is 36.0 Å². The molecule has 0 amide bonds. The predicted molar refractivity (Wildman–Crippen MR) is 75.8 cm³/mol. The summed E-state index contributed by atoms with van der Waals surface area (Å²) in [5, 5.41) is 12.3. The van der Waals surface area contributed by atoms with Gasteiger partial charge in [0.15, 0.2) is 0 Å². The Morgan fingerprint density at radius 3 is 2.79 bits per heavy atom. The molecule has 2 aliphatic rings. The van der Waals surface area contributed by atoms with Crippen LogP contribution in [0.25, 0.3) is 0 Å². The zero-order valence-electron chi connectivity index (χ0n) is 11.2. The minimum absolute atomic E-state index is 0.135. The number of anilines is 1. The molecule has 3 nitrogen and oxygen atoms in total. The lowest BCUT2D eigenvalue weighted by atomic mass is 9.82. The van der Waals surface area contributed by atoms with Crippen molar-refractivity contribution in [1.29, 1.82) is 0 Å². The molecule has 0 radical (unpaired) electrons. The average molecular weight is 259 g/mol. The molecular weight excluding hydrogens is 238 g/mol. The van der Waals surface area contributed by atoms with Gasteiger partial charge in [0.05, 0.1) is 6.42 Å². The predicted octanol–water partition coefficient (Wildman–Crippen LogP) is 3.72. The first-order valence-electron chi connectivity index (χ1n) is 7.33. The largest absolute Gasteiger partial charge is 0.481 e. The first-order valence-corrected chi connectivity index (χ1v) is 7.33. The number of fused-ring (bicyclic) bond motifs is 1. The maximum Gasteiger partial charge on any atom is 0.304 e. The Labute approximate surface area is 114 Å². The summed E-state index contributed by atoms with van der Waals surface area (Å²) in [5.74, 6) is 0.115. The molecular formula is C16H21NO2. The minimum Gasteiger partial charge on any atom is -0.481 e. The number of carboxylic acids is 1. The number of rotatable bonds is 3. The van der Waals surface area contributed by atoms with Crippen molar-refractivity contribution in [2.24, 2.45) is 0 Å². The van der Waals surface area contributed by atoms with E-state index in [0.29, 0.717) is 5.92 Å². The molecule has 3 heteroatoms. The molecule has 3 rings (SSSR count). The molecule has 1 unspecified atom stereocenters. The van der Waals surface area contributed by atoms with Crippen molar-refractivity contribution >= 4 is 11.7 Å². The molecule has 1 aliphatic carbocycles. The highest BCUT2D eigenvalue weighted by Crippen LogP contribution is 2.39. The summed E-state index contributed by atoms with van der Waals surface area (Å²) in [6, 6.07) is 6.63. The van der Waals surface area contributed by atoms with Crippen molar-refractivity contribution in [3.8, 4) is 0 Å². The third-order valence-corrected chi connectivity index (χ3v) is 4.55. The van der Waals surface area contributed by atoms with Gasteiger partial charge in [0.2, 0.25) is 0 Å². The first-order chi connectivity index (χ1) is 9.24. The summed E-state index contributed by atoms with van der Waals surface area (Å²) in [6.45, 7) is 0.760. The molecule has 1 saturated carbocycles. The van der Waals surface area contributed by atoms with Gasteiger partial charge in [-0.2, -0.15) is 0 Å². The van der Waals surface area contributed by atoms with E-state index in [1.165, 1.54) is 43.2 Å². The summed E-state index contributed by atoms with van der Waals surface area (Å²) < 4.78 is 0. The summed E-state index contributed by atoms with van der Waals surface area (Å²) in [6.07, 6.45) is 6.83. The highest BCUT2D eigenvalue weighted by atomic mass is 16.4. The fraction of sp³-hybridized carbons (Fsp3) is 0.562. The second kappa shape index (κ2) is 5.24. The van der Waals surface area contributed by atoms with E-state index in [2.05, 4.69) is 23.5 Å². The molecule has 1 aliphatic heterocycles. The van der Waals surface area contributed by atoms with Crippen LogP contribution in [-0.4, -0.2) is 17.6 Å². The van der Waals surface area contributed by atoms with Crippen LogP contribution in [0.3, 0.4) is 0 Å². The Bertz CT molecular complexity index is 478. The van der Waals surface area contributed by atoms with Crippen LogP contribution in [0.2, 0.25) is 0 Å². The lowest BCUT2D eigenvalue weighted by molar-refractivity contribution is -0.137. The third-order valence-electron chi connectivity index (χ3n) is 4.55. The van der Waals surface area contributed by atoms with E-state index >= 15 is 0 Å². The smallest absolute Gasteiger partial charge is 0.304 e. The van der Waals surface area contributed by atoms with Gasteiger partial charge in [-0.1, -0.05) is 31.4 Å². The molecule has 0 spiro atoms. The molecule has 19 heavy (non-hydrogen) atoms. The SMILES string of the molecule is O=C(O)CC1CNc2ccc(C3CCCCC3)cc21. The van der Waals surface area contributed by atoms with Gasteiger partial charge in [-0.3, -0.25) is 4.79 Å². The van der Waals surface area contributed by atoms with E-state index in [9.17, 15) is 4.79 Å². The number of benzene rings is 1.